The summed E-state index contributed by atoms with van der Waals surface area (Å²) in [4.78, 5) is 2.39. The Bertz CT molecular complexity index is 218. The summed E-state index contributed by atoms with van der Waals surface area (Å²) in [6.45, 7) is 6.78. The molecule has 2 heterocycles. The summed E-state index contributed by atoms with van der Waals surface area (Å²) in [5.41, 5.74) is 0.0686. The number of aliphatic hydroxyl groups is 1. The first-order chi connectivity index (χ1) is 7.11. The van der Waals surface area contributed by atoms with Gasteiger partial charge in [-0.2, -0.15) is 0 Å². The van der Waals surface area contributed by atoms with E-state index in [9.17, 15) is 5.11 Å². The Morgan fingerprint density at radius 3 is 2.80 bits per heavy atom. The van der Waals surface area contributed by atoms with Crippen LogP contribution in [0.4, 0.5) is 0 Å². The summed E-state index contributed by atoms with van der Waals surface area (Å²) in [7, 11) is 0. The average Bonchev–Trinajstić information content (AvgIpc) is 2.73. The Labute approximate surface area is 92.4 Å². The Balaban J connectivity index is 1.82. The number of likely N-dealkylation sites (tertiary alicyclic amines) is 1. The van der Waals surface area contributed by atoms with E-state index in [1.54, 1.807) is 0 Å². The van der Waals surface area contributed by atoms with Gasteiger partial charge in [0, 0.05) is 12.6 Å². The zero-order valence-corrected chi connectivity index (χ0v) is 9.91. The molecule has 1 unspecified atom stereocenters. The highest BCUT2D eigenvalue weighted by Gasteiger charge is 2.34. The van der Waals surface area contributed by atoms with Gasteiger partial charge in [0.15, 0.2) is 0 Å². The number of ether oxygens (including phenoxy) is 1. The molecule has 15 heavy (non-hydrogen) atoms. The third kappa shape index (κ3) is 2.71. The summed E-state index contributed by atoms with van der Waals surface area (Å²) in [6, 6.07) is 0.386. The van der Waals surface area contributed by atoms with Gasteiger partial charge in [-0.1, -0.05) is 0 Å². The Kier molecular flexibility index (Phi) is 3.33. The van der Waals surface area contributed by atoms with Gasteiger partial charge in [-0.05, 0) is 46.1 Å². The molecule has 0 aliphatic carbocycles. The maximum absolute atomic E-state index is 9.23. The summed E-state index contributed by atoms with van der Waals surface area (Å²) < 4.78 is 5.98. The molecule has 0 aromatic carbocycles. The predicted molar refractivity (Wildman–Crippen MR) is 59.9 cm³/mol. The second-order valence-corrected chi connectivity index (χ2v) is 5.51. The zero-order valence-electron chi connectivity index (χ0n) is 9.91. The molecule has 2 atom stereocenters. The van der Waals surface area contributed by atoms with E-state index >= 15 is 0 Å². The molecule has 0 bridgehead atoms. The lowest BCUT2D eigenvalue weighted by Crippen LogP contribution is -2.38. The number of rotatable bonds is 3. The summed E-state index contributed by atoms with van der Waals surface area (Å²) in [5, 5.41) is 9.23. The van der Waals surface area contributed by atoms with Crippen molar-refractivity contribution in [1.82, 2.24) is 4.90 Å². The first-order valence-electron chi connectivity index (χ1n) is 6.13. The van der Waals surface area contributed by atoms with E-state index in [0.29, 0.717) is 18.8 Å². The van der Waals surface area contributed by atoms with Gasteiger partial charge in [0.05, 0.1) is 18.3 Å². The van der Waals surface area contributed by atoms with Crippen LogP contribution in [0.1, 0.15) is 39.5 Å². The average molecular weight is 213 g/mol. The SMILES string of the molecule is CC1(C)CCC(CN2CCC[C@H]2CO)O1. The second-order valence-electron chi connectivity index (χ2n) is 5.51. The van der Waals surface area contributed by atoms with Crippen LogP contribution in [0.15, 0.2) is 0 Å². The van der Waals surface area contributed by atoms with Gasteiger partial charge in [0.2, 0.25) is 0 Å². The summed E-state index contributed by atoms with van der Waals surface area (Å²) in [6.07, 6.45) is 5.08. The molecular weight excluding hydrogens is 190 g/mol. The highest BCUT2D eigenvalue weighted by Crippen LogP contribution is 2.31. The first kappa shape index (κ1) is 11.4. The predicted octanol–water partition coefficient (Wildman–Crippen LogP) is 1.40. The van der Waals surface area contributed by atoms with Gasteiger partial charge < -0.3 is 9.84 Å². The van der Waals surface area contributed by atoms with Gasteiger partial charge in [-0.15, -0.1) is 0 Å². The van der Waals surface area contributed by atoms with E-state index in [0.717, 1.165) is 25.9 Å². The fraction of sp³-hybridized carbons (Fsp3) is 1.00. The van der Waals surface area contributed by atoms with Crippen LogP contribution in [0, 0.1) is 0 Å². The van der Waals surface area contributed by atoms with Crippen LogP contribution in [-0.4, -0.2) is 47.4 Å². The van der Waals surface area contributed by atoms with Crippen molar-refractivity contribution in [3.8, 4) is 0 Å². The van der Waals surface area contributed by atoms with Crippen LogP contribution >= 0.6 is 0 Å². The monoisotopic (exact) mass is 213 g/mol. The third-order valence-corrected chi connectivity index (χ3v) is 3.70. The lowest BCUT2D eigenvalue weighted by Gasteiger charge is -2.27. The van der Waals surface area contributed by atoms with Crippen LogP contribution < -0.4 is 0 Å². The first-order valence-corrected chi connectivity index (χ1v) is 6.13. The maximum atomic E-state index is 9.23. The summed E-state index contributed by atoms with van der Waals surface area (Å²) in [5.74, 6) is 0. The lowest BCUT2D eigenvalue weighted by atomic mass is 10.1. The topological polar surface area (TPSA) is 32.7 Å². The van der Waals surface area contributed by atoms with Crippen LogP contribution in [0.3, 0.4) is 0 Å². The molecule has 88 valence electrons. The van der Waals surface area contributed by atoms with E-state index in [1.807, 2.05) is 0 Å². The fourth-order valence-electron chi connectivity index (χ4n) is 2.81. The standard InChI is InChI=1S/C12H23NO2/c1-12(2)6-5-11(15-12)8-13-7-3-4-10(13)9-14/h10-11,14H,3-9H2,1-2H3/t10-,11?/m0/s1. The lowest BCUT2D eigenvalue weighted by molar-refractivity contribution is -0.0321. The molecule has 0 spiro atoms. The number of nitrogens with zero attached hydrogens (tertiary/aromatic N) is 1. The largest absolute Gasteiger partial charge is 0.395 e. The third-order valence-electron chi connectivity index (χ3n) is 3.70. The van der Waals surface area contributed by atoms with Gasteiger partial charge >= 0.3 is 0 Å². The van der Waals surface area contributed by atoms with E-state index in [1.165, 1.54) is 12.8 Å². The molecule has 0 saturated carbocycles. The number of aliphatic hydroxyl groups excluding tert-OH is 1. The van der Waals surface area contributed by atoms with Crippen molar-refractivity contribution in [2.75, 3.05) is 19.7 Å². The second kappa shape index (κ2) is 4.40. The molecular formula is C12H23NO2. The Hall–Kier alpha value is -0.120. The molecule has 3 heteroatoms. The molecule has 0 amide bonds. The van der Waals surface area contributed by atoms with Crippen LogP contribution in [-0.2, 0) is 4.74 Å². The number of hydrogen-bond donors (Lipinski definition) is 1. The zero-order chi connectivity index (χ0) is 10.9. The highest BCUT2D eigenvalue weighted by atomic mass is 16.5. The minimum Gasteiger partial charge on any atom is -0.395 e. The minimum atomic E-state index is 0.0686. The number of hydrogen-bond acceptors (Lipinski definition) is 3. The van der Waals surface area contributed by atoms with E-state index < -0.39 is 0 Å². The van der Waals surface area contributed by atoms with Crippen molar-refractivity contribution in [3.05, 3.63) is 0 Å². The van der Waals surface area contributed by atoms with E-state index in [2.05, 4.69) is 18.7 Å². The molecule has 3 nitrogen and oxygen atoms in total. The van der Waals surface area contributed by atoms with Crippen molar-refractivity contribution in [1.29, 1.82) is 0 Å². The smallest absolute Gasteiger partial charge is 0.0710 e. The minimum absolute atomic E-state index is 0.0686. The molecule has 0 aromatic heterocycles. The van der Waals surface area contributed by atoms with Crippen LogP contribution in [0.5, 0.6) is 0 Å². The van der Waals surface area contributed by atoms with Crippen molar-refractivity contribution in [2.45, 2.75) is 57.3 Å². The summed E-state index contributed by atoms with van der Waals surface area (Å²) >= 11 is 0. The van der Waals surface area contributed by atoms with Crippen molar-refractivity contribution in [3.63, 3.8) is 0 Å². The molecule has 0 radical (unpaired) electrons. The van der Waals surface area contributed by atoms with Crippen LogP contribution in [0.2, 0.25) is 0 Å². The Morgan fingerprint density at radius 1 is 1.40 bits per heavy atom. The molecule has 2 fully saturated rings. The van der Waals surface area contributed by atoms with Gasteiger partial charge in [-0.25, -0.2) is 0 Å². The quantitative estimate of drug-likeness (QED) is 0.769. The van der Waals surface area contributed by atoms with E-state index in [4.69, 9.17) is 4.74 Å². The fourth-order valence-corrected chi connectivity index (χ4v) is 2.81. The molecule has 0 aromatic rings. The molecule has 2 aliphatic rings. The van der Waals surface area contributed by atoms with Crippen molar-refractivity contribution >= 4 is 0 Å². The highest BCUT2D eigenvalue weighted by molar-refractivity contribution is 4.86. The molecule has 2 rings (SSSR count). The van der Waals surface area contributed by atoms with Gasteiger partial charge in [0.1, 0.15) is 0 Å². The van der Waals surface area contributed by atoms with Crippen molar-refractivity contribution < 1.29 is 9.84 Å². The van der Waals surface area contributed by atoms with E-state index in [-0.39, 0.29) is 5.60 Å². The maximum Gasteiger partial charge on any atom is 0.0710 e. The van der Waals surface area contributed by atoms with Gasteiger partial charge in [-0.3, -0.25) is 4.90 Å². The van der Waals surface area contributed by atoms with Crippen molar-refractivity contribution in [2.24, 2.45) is 0 Å². The normalized spacial score (nSPS) is 36.2. The Morgan fingerprint density at radius 2 is 2.20 bits per heavy atom. The molecule has 2 aliphatic heterocycles. The van der Waals surface area contributed by atoms with Gasteiger partial charge in [0.25, 0.3) is 0 Å². The molecule has 2 saturated heterocycles. The van der Waals surface area contributed by atoms with Crippen LogP contribution in [0.25, 0.3) is 0 Å². The molecule has 1 N–H and O–H groups in total.